The van der Waals surface area contributed by atoms with Gasteiger partial charge in [0.15, 0.2) is 0 Å². The number of piperidine rings is 1. The fourth-order valence-electron chi connectivity index (χ4n) is 4.21. The van der Waals surface area contributed by atoms with Crippen molar-refractivity contribution in [1.82, 2.24) is 9.80 Å². The monoisotopic (exact) mass is 354 g/mol. The molecule has 3 aliphatic rings. The maximum Gasteiger partial charge on any atom is 0.407 e. The molecule has 26 heavy (non-hydrogen) atoms. The quantitative estimate of drug-likeness (QED) is 0.876. The molecular formula is C21H26N2O3. The van der Waals surface area contributed by atoms with Crippen molar-refractivity contribution in [2.24, 2.45) is 0 Å². The summed E-state index contributed by atoms with van der Waals surface area (Å²) in [5.74, 6) is 0. The number of amides is 1. The van der Waals surface area contributed by atoms with Gasteiger partial charge >= 0.3 is 6.09 Å². The molecule has 1 saturated heterocycles. The molecule has 5 nitrogen and oxygen atoms in total. The Kier molecular flexibility index (Phi) is 4.49. The standard InChI is InChI=1S/C21H26N2O3/c24-20(25)23-12-8-21(26,9-13-23)15-16-4-5-17-6-10-22(19-2-1-3-19)11-7-18(17)14-16/h1-5,14,26H,6-13,15H2,(H,24,25). The van der Waals surface area contributed by atoms with Crippen molar-refractivity contribution < 1.29 is 15.0 Å². The minimum Gasteiger partial charge on any atom is -0.465 e. The molecule has 0 aromatic heterocycles. The lowest BCUT2D eigenvalue weighted by Gasteiger charge is -2.37. The van der Waals surface area contributed by atoms with Gasteiger partial charge in [-0.3, -0.25) is 0 Å². The lowest BCUT2D eigenvalue weighted by atomic mass is 9.84. The van der Waals surface area contributed by atoms with Gasteiger partial charge in [-0.05, 0) is 54.5 Å². The Morgan fingerprint density at radius 2 is 1.77 bits per heavy atom. The highest BCUT2D eigenvalue weighted by molar-refractivity contribution is 5.65. The van der Waals surface area contributed by atoms with Crippen molar-refractivity contribution in [3.63, 3.8) is 0 Å². The van der Waals surface area contributed by atoms with Gasteiger partial charge in [0.05, 0.1) is 5.60 Å². The molecule has 0 saturated carbocycles. The maximum absolute atomic E-state index is 11.0. The molecule has 0 spiro atoms. The Bertz CT molecular complexity index is 761. The average molecular weight is 354 g/mol. The van der Waals surface area contributed by atoms with Gasteiger partial charge in [0.25, 0.3) is 0 Å². The third kappa shape index (κ3) is 3.49. The SMILES string of the molecule is O=C(O)N1CCC(O)(Cc2ccc3c(c2)CCN(C2=CC=C2)CC3)CC1. The molecule has 2 N–H and O–H groups in total. The minimum atomic E-state index is -0.891. The van der Waals surface area contributed by atoms with Crippen molar-refractivity contribution in [3.05, 3.63) is 58.8 Å². The van der Waals surface area contributed by atoms with E-state index in [9.17, 15) is 9.90 Å². The summed E-state index contributed by atoms with van der Waals surface area (Å²) in [7, 11) is 0. The first-order valence-electron chi connectivity index (χ1n) is 9.47. The molecule has 5 heteroatoms. The molecule has 1 fully saturated rings. The first kappa shape index (κ1) is 17.2. The second-order valence-corrected chi connectivity index (χ2v) is 7.71. The van der Waals surface area contributed by atoms with Gasteiger partial charge in [0.2, 0.25) is 0 Å². The molecule has 0 bridgehead atoms. The Balaban J connectivity index is 1.42. The molecule has 2 heterocycles. The van der Waals surface area contributed by atoms with Crippen molar-refractivity contribution >= 4 is 6.09 Å². The third-order valence-corrected chi connectivity index (χ3v) is 5.97. The Morgan fingerprint density at radius 3 is 2.38 bits per heavy atom. The number of carboxylic acid groups (broad SMARTS) is 1. The molecular weight excluding hydrogens is 328 g/mol. The van der Waals surface area contributed by atoms with Crippen LogP contribution in [-0.4, -0.2) is 57.9 Å². The first-order valence-corrected chi connectivity index (χ1v) is 9.47. The molecule has 4 rings (SSSR count). The van der Waals surface area contributed by atoms with E-state index < -0.39 is 11.7 Å². The normalized spacial score (nSPS) is 21.5. The number of aliphatic hydroxyl groups is 1. The van der Waals surface area contributed by atoms with Crippen LogP contribution in [0.4, 0.5) is 4.79 Å². The second-order valence-electron chi connectivity index (χ2n) is 7.71. The molecule has 0 unspecified atom stereocenters. The Labute approximate surface area is 154 Å². The van der Waals surface area contributed by atoms with Gasteiger partial charge in [-0.25, -0.2) is 4.79 Å². The summed E-state index contributed by atoms with van der Waals surface area (Å²) in [4.78, 5) is 14.9. The van der Waals surface area contributed by atoms with Gasteiger partial charge < -0.3 is 20.0 Å². The van der Waals surface area contributed by atoms with Crippen LogP contribution in [0, 0.1) is 0 Å². The topological polar surface area (TPSA) is 64.0 Å². The number of hydrogen-bond donors (Lipinski definition) is 2. The number of hydrogen-bond acceptors (Lipinski definition) is 3. The smallest absolute Gasteiger partial charge is 0.407 e. The molecule has 1 aromatic rings. The zero-order valence-corrected chi connectivity index (χ0v) is 15.0. The zero-order chi connectivity index (χ0) is 18.1. The number of benzene rings is 1. The minimum absolute atomic E-state index is 0.411. The zero-order valence-electron chi connectivity index (χ0n) is 15.0. The van der Waals surface area contributed by atoms with Crippen LogP contribution < -0.4 is 0 Å². The van der Waals surface area contributed by atoms with E-state index in [4.69, 9.17) is 5.11 Å². The molecule has 0 radical (unpaired) electrons. The second kappa shape index (κ2) is 6.80. The maximum atomic E-state index is 11.0. The van der Waals surface area contributed by atoms with Gasteiger partial charge in [0, 0.05) is 38.3 Å². The van der Waals surface area contributed by atoms with Crippen LogP contribution in [-0.2, 0) is 19.3 Å². The lowest BCUT2D eigenvalue weighted by molar-refractivity contribution is -0.0162. The van der Waals surface area contributed by atoms with Gasteiger partial charge in [0.1, 0.15) is 0 Å². The third-order valence-electron chi connectivity index (χ3n) is 5.97. The van der Waals surface area contributed by atoms with E-state index in [-0.39, 0.29) is 0 Å². The predicted octanol–water partition coefficient (Wildman–Crippen LogP) is 2.59. The lowest BCUT2D eigenvalue weighted by Crippen LogP contribution is -2.47. The van der Waals surface area contributed by atoms with Crippen LogP contribution in [0.25, 0.3) is 0 Å². The Hall–Kier alpha value is -2.27. The van der Waals surface area contributed by atoms with Crippen LogP contribution in [0.2, 0.25) is 0 Å². The van der Waals surface area contributed by atoms with E-state index in [0.29, 0.717) is 32.4 Å². The van der Waals surface area contributed by atoms with E-state index >= 15 is 0 Å². The summed E-state index contributed by atoms with van der Waals surface area (Å²) in [6.07, 6.45) is 9.22. The number of rotatable bonds is 3. The number of carbonyl (C=O) groups is 1. The molecule has 0 atom stereocenters. The van der Waals surface area contributed by atoms with Crippen LogP contribution in [0.15, 0.2) is 42.1 Å². The highest BCUT2D eigenvalue weighted by Crippen LogP contribution is 2.28. The average Bonchev–Trinajstić information content (AvgIpc) is 2.76. The summed E-state index contributed by atoms with van der Waals surface area (Å²) in [5, 5.41) is 20.0. The fraction of sp³-hybridized carbons (Fsp3) is 0.476. The summed E-state index contributed by atoms with van der Waals surface area (Å²) < 4.78 is 0. The first-order chi connectivity index (χ1) is 12.5. The van der Waals surface area contributed by atoms with Gasteiger partial charge in [-0.1, -0.05) is 24.3 Å². The fourth-order valence-corrected chi connectivity index (χ4v) is 4.21. The number of likely N-dealkylation sites (tertiary alicyclic amines) is 1. The van der Waals surface area contributed by atoms with E-state index in [1.54, 1.807) is 0 Å². The van der Waals surface area contributed by atoms with Crippen molar-refractivity contribution in [2.75, 3.05) is 26.2 Å². The van der Waals surface area contributed by atoms with Crippen LogP contribution in [0.1, 0.15) is 29.5 Å². The Morgan fingerprint density at radius 1 is 1.08 bits per heavy atom. The highest BCUT2D eigenvalue weighted by Gasteiger charge is 2.34. The summed E-state index contributed by atoms with van der Waals surface area (Å²) in [6.45, 7) is 2.91. The van der Waals surface area contributed by atoms with Gasteiger partial charge in [-0.15, -0.1) is 0 Å². The summed E-state index contributed by atoms with van der Waals surface area (Å²) in [5.41, 5.74) is 4.50. The van der Waals surface area contributed by atoms with E-state index in [0.717, 1.165) is 31.5 Å². The van der Waals surface area contributed by atoms with Crippen molar-refractivity contribution in [2.45, 2.75) is 37.7 Å². The van der Waals surface area contributed by atoms with E-state index in [2.05, 4.69) is 41.3 Å². The summed E-state index contributed by atoms with van der Waals surface area (Å²) in [6, 6.07) is 6.61. The van der Waals surface area contributed by atoms with Gasteiger partial charge in [-0.2, -0.15) is 0 Å². The van der Waals surface area contributed by atoms with Crippen molar-refractivity contribution in [1.29, 1.82) is 0 Å². The predicted molar refractivity (Wildman–Crippen MR) is 100 cm³/mol. The molecule has 1 aliphatic carbocycles. The van der Waals surface area contributed by atoms with Crippen LogP contribution in [0.5, 0.6) is 0 Å². The number of nitrogens with zero attached hydrogens (tertiary/aromatic N) is 2. The molecule has 1 aromatic carbocycles. The highest BCUT2D eigenvalue weighted by atomic mass is 16.4. The largest absolute Gasteiger partial charge is 0.465 e. The molecule has 138 valence electrons. The van der Waals surface area contributed by atoms with Crippen molar-refractivity contribution in [3.8, 4) is 0 Å². The number of fused-ring (bicyclic) bond motifs is 1. The molecule has 2 aliphatic heterocycles. The van der Waals surface area contributed by atoms with E-state index in [1.807, 2.05) is 0 Å². The summed E-state index contributed by atoms with van der Waals surface area (Å²) >= 11 is 0. The number of allylic oxidation sites excluding steroid dienone is 3. The van der Waals surface area contributed by atoms with Crippen LogP contribution >= 0.6 is 0 Å². The van der Waals surface area contributed by atoms with E-state index in [1.165, 1.54) is 21.7 Å². The van der Waals surface area contributed by atoms with Crippen LogP contribution in [0.3, 0.4) is 0 Å². The molecule has 1 amide bonds.